The van der Waals surface area contributed by atoms with Crippen LogP contribution in [0.1, 0.15) is 6.92 Å². The van der Waals surface area contributed by atoms with Crippen molar-refractivity contribution in [2.24, 2.45) is 0 Å². The van der Waals surface area contributed by atoms with E-state index >= 15 is 0 Å². The van der Waals surface area contributed by atoms with E-state index in [4.69, 9.17) is 0 Å². The van der Waals surface area contributed by atoms with Gasteiger partial charge in [0.05, 0.1) is 5.52 Å². The predicted octanol–water partition coefficient (Wildman–Crippen LogP) is 5.07. The van der Waals surface area contributed by atoms with E-state index in [-0.39, 0.29) is 11.7 Å². The van der Waals surface area contributed by atoms with Gasteiger partial charge in [0.25, 0.3) is 0 Å². The van der Waals surface area contributed by atoms with Crippen LogP contribution in [0.3, 0.4) is 0 Å². The number of hydrogen-bond acceptors (Lipinski definition) is 3. The van der Waals surface area contributed by atoms with Crippen molar-refractivity contribution in [3.8, 4) is 11.3 Å². The summed E-state index contributed by atoms with van der Waals surface area (Å²) in [5.74, 6) is 0.305. The lowest BCUT2D eigenvalue weighted by Gasteiger charge is -2.08. The maximum Gasteiger partial charge on any atom is 0.221 e. The molecule has 0 fully saturated rings. The molecule has 6 heteroatoms. The van der Waals surface area contributed by atoms with Crippen LogP contribution in [-0.4, -0.2) is 15.9 Å². The van der Waals surface area contributed by atoms with Gasteiger partial charge in [0, 0.05) is 41.1 Å². The van der Waals surface area contributed by atoms with E-state index in [1.165, 1.54) is 19.1 Å². The molecule has 0 unspecified atom stereocenters. The minimum Gasteiger partial charge on any atom is -0.354 e. The van der Waals surface area contributed by atoms with Crippen molar-refractivity contribution in [3.63, 3.8) is 0 Å². The van der Waals surface area contributed by atoms with Gasteiger partial charge in [-0.1, -0.05) is 12.1 Å². The number of fused-ring (bicyclic) bond motifs is 1. The molecule has 2 aromatic heterocycles. The monoisotopic (exact) mass is 360 g/mol. The summed E-state index contributed by atoms with van der Waals surface area (Å²) in [5.41, 5.74) is 4.08. The van der Waals surface area contributed by atoms with Gasteiger partial charge in [-0.3, -0.25) is 4.79 Å². The van der Waals surface area contributed by atoms with Crippen molar-refractivity contribution in [1.29, 1.82) is 0 Å². The summed E-state index contributed by atoms with van der Waals surface area (Å²) in [6.07, 6.45) is 1.71. The first-order valence-corrected chi connectivity index (χ1v) is 8.47. The summed E-state index contributed by atoms with van der Waals surface area (Å²) >= 11 is 0. The van der Waals surface area contributed by atoms with Crippen LogP contribution in [0, 0.1) is 5.82 Å². The van der Waals surface area contributed by atoms with Gasteiger partial charge in [-0.25, -0.2) is 9.37 Å². The van der Waals surface area contributed by atoms with Crippen molar-refractivity contribution in [2.75, 3.05) is 10.6 Å². The Kier molecular flexibility index (Phi) is 4.30. The zero-order chi connectivity index (χ0) is 18.8. The third-order valence-electron chi connectivity index (χ3n) is 4.15. The Morgan fingerprint density at radius 2 is 1.81 bits per heavy atom. The number of nitrogens with zero attached hydrogens (tertiary/aromatic N) is 1. The number of amides is 1. The Bertz CT molecular complexity index is 1120. The molecule has 27 heavy (non-hydrogen) atoms. The number of benzene rings is 2. The second-order valence-corrected chi connectivity index (χ2v) is 6.20. The van der Waals surface area contributed by atoms with Crippen LogP contribution in [-0.2, 0) is 4.79 Å². The minimum atomic E-state index is -0.276. The smallest absolute Gasteiger partial charge is 0.221 e. The number of H-pyrrole nitrogens is 1. The highest BCUT2D eigenvalue weighted by Gasteiger charge is 2.09. The summed E-state index contributed by atoms with van der Waals surface area (Å²) in [7, 11) is 0. The number of carbonyl (C=O) groups is 1. The molecule has 3 N–H and O–H groups in total. The number of pyridine rings is 1. The number of halogens is 1. The normalized spacial score (nSPS) is 10.7. The van der Waals surface area contributed by atoms with Gasteiger partial charge >= 0.3 is 0 Å². The van der Waals surface area contributed by atoms with Gasteiger partial charge in [-0.15, -0.1) is 0 Å². The third-order valence-corrected chi connectivity index (χ3v) is 4.15. The zero-order valence-electron chi connectivity index (χ0n) is 14.6. The number of aromatic nitrogens is 2. The van der Waals surface area contributed by atoms with Gasteiger partial charge in [0.2, 0.25) is 5.91 Å². The molecule has 0 bridgehead atoms. The maximum atomic E-state index is 13.5. The van der Waals surface area contributed by atoms with E-state index in [9.17, 15) is 9.18 Å². The van der Waals surface area contributed by atoms with Crippen molar-refractivity contribution < 1.29 is 9.18 Å². The summed E-state index contributed by atoms with van der Waals surface area (Å²) in [5, 5.41) is 6.92. The highest BCUT2D eigenvalue weighted by Crippen LogP contribution is 2.30. The summed E-state index contributed by atoms with van der Waals surface area (Å²) in [6, 6.07) is 17.7. The molecule has 0 aliphatic rings. The van der Waals surface area contributed by atoms with Crippen LogP contribution < -0.4 is 10.6 Å². The molecular formula is C21H17FN4O. The lowest BCUT2D eigenvalue weighted by atomic mass is 10.1. The minimum absolute atomic E-state index is 0.112. The van der Waals surface area contributed by atoms with Crippen molar-refractivity contribution in [2.45, 2.75) is 6.92 Å². The molecule has 1 amide bonds. The number of anilines is 3. The molecule has 0 aliphatic carbocycles. The molecule has 0 atom stereocenters. The fourth-order valence-corrected chi connectivity index (χ4v) is 2.94. The Balaban J connectivity index is 1.65. The van der Waals surface area contributed by atoms with Gasteiger partial charge in [-0.2, -0.15) is 0 Å². The van der Waals surface area contributed by atoms with Gasteiger partial charge in [0.15, 0.2) is 0 Å². The number of carbonyl (C=O) groups excluding carboxylic acids is 1. The van der Waals surface area contributed by atoms with Crippen LogP contribution in [0.5, 0.6) is 0 Å². The van der Waals surface area contributed by atoms with Gasteiger partial charge in [0.1, 0.15) is 11.6 Å². The first-order valence-electron chi connectivity index (χ1n) is 8.47. The molecule has 0 saturated carbocycles. The van der Waals surface area contributed by atoms with E-state index in [0.29, 0.717) is 5.82 Å². The van der Waals surface area contributed by atoms with Crippen molar-refractivity contribution >= 4 is 34.0 Å². The third kappa shape index (κ3) is 3.64. The molecule has 0 aliphatic heterocycles. The Hall–Kier alpha value is -3.67. The molecule has 0 spiro atoms. The quantitative estimate of drug-likeness (QED) is 0.476. The van der Waals surface area contributed by atoms with E-state index in [1.807, 2.05) is 42.5 Å². The first kappa shape index (κ1) is 16.8. The molecule has 5 nitrogen and oxygen atoms in total. The molecule has 2 aromatic carbocycles. The number of aromatic amines is 1. The first-order chi connectivity index (χ1) is 13.1. The standard InChI is InChI=1S/C21H17FN4O/c1-13(27)24-16-5-7-17(8-6-16)25-21-18-12-20(26-19(18)9-10-23-21)14-3-2-4-15(22)11-14/h2-12,26H,1H3,(H,23,25)(H,24,27). The highest BCUT2D eigenvalue weighted by molar-refractivity contribution is 5.95. The molecule has 0 saturated heterocycles. The molecule has 2 heterocycles. The SMILES string of the molecule is CC(=O)Nc1ccc(Nc2nccc3[nH]c(-c4cccc(F)c4)cc23)cc1. The Morgan fingerprint density at radius 3 is 2.56 bits per heavy atom. The number of nitrogens with one attached hydrogen (secondary N) is 3. The van der Waals surface area contributed by atoms with Crippen LogP contribution in [0.15, 0.2) is 66.9 Å². The maximum absolute atomic E-state index is 13.5. The lowest BCUT2D eigenvalue weighted by Crippen LogP contribution is -2.05. The van der Waals surface area contributed by atoms with E-state index in [0.717, 1.165) is 33.5 Å². The number of rotatable bonds is 4. The molecule has 134 valence electrons. The van der Waals surface area contributed by atoms with Crippen LogP contribution in [0.25, 0.3) is 22.2 Å². The average Bonchev–Trinajstić information content (AvgIpc) is 3.08. The molecular weight excluding hydrogens is 343 g/mol. The fraction of sp³-hybridized carbons (Fsp3) is 0.0476. The molecule has 0 radical (unpaired) electrons. The topological polar surface area (TPSA) is 69.8 Å². The van der Waals surface area contributed by atoms with E-state index < -0.39 is 0 Å². The fourth-order valence-electron chi connectivity index (χ4n) is 2.94. The van der Waals surface area contributed by atoms with Crippen molar-refractivity contribution in [1.82, 2.24) is 9.97 Å². The van der Waals surface area contributed by atoms with Crippen molar-refractivity contribution in [3.05, 3.63) is 72.7 Å². The lowest BCUT2D eigenvalue weighted by molar-refractivity contribution is -0.114. The van der Waals surface area contributed by atoms with Crippen LogP contribution in [0.2, 0.25) is 0 Å². The average molecular weight is 360 g/mol. The zero-order valence-corrected chi connectivity index (χ0v) is 14.6. The highest BCUT2D eigenvalue weighted by atomic mass is 19.1. The number of hydrogen-bond donors (Lipinski definition) is 3. The second-order valence-electron chi connectivity index (χ2n) is 6.20. The van der Waals surface area contributed by atoms with E-state index in [2.05, 4.69) is 20.6 Å². The largest absolute Gasteiger partial charge is 0.354 e. The summed E-state index contributed by atoms with van der Waals surface area (Å²) in [4.78, 5) is 18.8. The Morgan fingerprint density at radius 1 is 1.04 bits per heavy atom. The van der Waals surface area contributed by atoms with Gasteiger partial charge in [-0.05, 0) is 48.5 Å². The van der Waals surface area contributed by atoms with Gasteiger partial charge < -0.3 is 15.6 Å². The summed E-state index contributed by atoms with van der Waals surface area (Å²) in [6.45, 7) is 1.47. The predicted molar refractivity (Wildman–Crippen MR) is 106 cm³/mol. The van der Waals surface area contributed by atoms with E-state index in [1.54, 1.807) is 12.3 Å². The molecule has 4 aromatic rings. The molecule has 4 rings (SSSR count). The van der Waals surface area contributed by atoms with Crippen LogP contribution in [0.4, 0.5) is 21.6 Å². The summed E-state index contributed by atoms with van der Waals surface area (Å²) < 4.78 is 13.5. The van der Waals surface area contributed by atoms with Crippen LogP contribution >= 0.6 is 0 Å². The second kappa shape index (κ2) is 6.92. The Labute approximate surface area is 155 Å².